The monoisotopic (exact) mass is 350 g/mol. The molecule has 6 heteroatoms. The summed E-state index contributed by atoms with van der Waals surface area (Å²) in [5.41, 5.74) is 0.934. The van der Waals surface area contributed by atoms with E-state index in [9.17, 15) is 9.59 Å². The van der Waals surface area contributed by atoms with Crippen LogP contribution in [0.1, 0.15) is 25.3 Å². The molecule has 0 aromatic heterocycles. The highest BCUT2D eigenvalue weighted by molar-refractivity contribution is 5.79. The van der Waals surface area contributed by atoms with Gasteiger partial charge in [-0.1, -0.05) is 12.1 Å². The minimum atomic E-state index is -0.300. The highest BCUT2D eigenvalue weighted by Crippen LogP contribution is 2.13. The molecule has 0 saturated carbocycles. The molecule has 1 rings (SSSR count). The standard InChI is InChI=1S/C19H30N2O4/c1-5-25-17-9-7-16(8-10-17)15-18(22)21(13-6-12-20(2)3)14-11-19(23)24-4/h7-10H,5-6,11-15H2,1-4H3. The van der Waals surface area contributed by atoms with Gasteiger partial charge in [-0.25, -0.2) is 0 Å². The number of nitrogens with zero attached hydrogens (tertiary/aromatic N) is 2. The Bertz CT molecular complexity index is 529. The molecule has 0 aliphatic rings. The lowest BCUT2D eigenvalue weighted by atomic mass is 10.1. The lowest BCUT2D eigenvalue weighted by molar-refractivity contribution is -0.141. The summed E-state index contributed by atoms with van der Waals surface area (Å²) in [6.45, 7) is 4.46. The average molecular weight is 350 g/mol. The van der Waals surface area contributed by atoms with Crippen LogP contribution in [0.25, 0.3) is 0 Å². The van der Waals surface area contributed by atoms with Gasteiger partial charge in [-0.15, -0.1) is 0 Å². The second-order valence-electron chi connectivity index (χ2n) is 6.12. The number of amides is 1. The number of rotatable bonds is 11. The Morgan fingerprint density at radius 1 is 1.04 bits per heavy atom. The predicted octanol–water partition coefficient (Wildman–Crippen LogP) is 1.97. The molecule has 0 aliphatic heterocycles. The molecule has 0 unspecified atom stereocenters. The molecule has 0 saturated heterocycles. The van der Waals surface area contributed by atoms with Crippen molar-refractivity contribution in [3.63, 3.8) is 0 Å². The van der Waals surface area contributed by atoms with Gasteiger partial charge in [0.2, 0.25) is 5.91 Å². The summed E-state index contributed by atoms with van der Waals surface area (Å²) in [5, 5.41) is 0. The van der Waals surface area contributed by atoms with E-state index in [1.54, 1.807) is 4.90 Å². The van der Waals surface area contributed by atoms with Gasteiger partial charge in [0.1, 0.15) is 5.75 Å². The molecule has 140 valence electrons. The summed E-state index contributed by atoms with van der Waals surface area (Å²) >= 11 is 0. The molecule has 1 amide bonds. The average Bonchev–Trinajstić information content (AvgIpc) is 2.59. The van der Waals surface area contributed by atoms with Crippen LogP contribution < -0.4 is 4.74 Å². The summed E-state index contributed by atoms with van der Waals surface area (Å²) in [6.07, 6.45) is 1.40. The van der Waals surface area contributed by atoms with Gasteiger partial charge < -0.3 is 19.3 Å². The van der Waals surface area contributed by atoms with Crippen molar-refractivity contribution in [1.82, 2.24) is 9.80 Å². The number of hydrogen-bond donors (Lipinski definition) is 0. The molecule has 0 heterocycles. The van der Waals surface area contributed by atoms with Crippen LogP contribution in [0.15, 0.2) is 24.3 Å². The summed E-state index contributed by atoms with van der Waals surface area (Å²) < 4.78 is 10.1. The van der Waals surface area contributed by atoms with Crippen molar-refractivity contribution >= 4 is 11.9 Å². The van der Waals surface area contributed by atoms with Gasteiger partial charge in [-0.2, -0.15) is 0 Å². The van der Waals surface area contributed by atoms with Crippen molar-refractivity contribution in [2.24, 2.45) is 0 Å². The lowest BCUT2D eigenvalue weighted by Gasteiger charge is -2.23. The zero-order chi connectivity index (χ0) is 18.7. The van der Waals surface area contributed by atoms with Crippen molar-refractivity contribution < 1.29 is 19.1 Å². The van der Waals surface area contributed by atoms with Crippen molar-refractivity contribution in [1.29, 1.82) is 0 Å². The van der Waals surface area contributed by atoms with Crippen molar-refractivity contribution in [3.8, 4) is 5.75 Å². The number of carbonyl (C=O) groups is 2. The Kier molecular flexibility index (Phi) is 9.62. The maximum atomic E-state index is 12.6. The van der Waals surface area contributed by atoms with Gasteiger partial charge in [0.15, 0.2) is 0 Å². The summed E-state index contributed by atoms with van der Waals surface area (Å²) in [4.78, 5) is 27.9. The number of methoxy groups -OCH3 is 1. The summed E-state index contributed by atoms with van der Waals surface area (Å²) in [5.74, 6) is 0.519. The fraction of sp³-hybridized carbons (Fsp3) is 0.579. The predicted molar refractivity (Wildman–Crippen MR) is 97.7 cm³/mol. The molecule has 0 fully saturated rings. The van der Waals surface area contributed by atoms with Gasteiger partial charge in [-0.05, 0) is 51.7 Å². The van der Waals surface area contributed by atoms with Crippen molar-refractivity contribution in [2.45, 2.75) is 26.2 Å². The first-order valence-corrected chi connectivity index (χ1v) is 8.67. The van der Waals surface area contributed by atoms with Crippen LogP contribution in [-0.4, -0.2) is 69.1 Å². The van der Waals surface area contributed by atoms with E-state index in [0.717, 1.165) is 24.3 Å². The van der Waals surface area contributed by atoms with Crippen LogP contribution in [0.3, 0.4) is 0 Å². The van der Waals surface area contributed by atoms with E-state index in [4.69, 9.17) is 4.74 Å². The van der Waals surface area contributed by atoms with Gasteiger partial charge in [0.05, 0.1) is 26.6 Å². The molecular weight excluding hydrogens is 320 g/mol. The van der Waals surface area contributed by atoms with E-state index in [1.807, 2.05) is 45.3 Å². The topological polar surface area (TPSA) is 59.1 Å². The molecule has 6 nitrogen and oxygen atoms in total. The third kappa shape index (κ3) is 8.54. The zero-order valence-corrected chi connectivity index (χ0v) is 15.8. The first-order valence-electron chi connectivity index (χ1n) is 8.67. The van der Waals surface area contributed by atoms with E-state index in [-0.39, 0.29) is 18.3 Å². The van der Waals surface area contributed by atoms with Gasteiger partial charge in [-0.3, -0.25) is 9.59 Å². The minimum absolute atomic E-state index is 0.0202. The van der Waals surface area contributed by atoms with E-state index < -0.39 is 0 Å². The van der Waals surface area contributed by atoms with Crippen LogP contribution in [-0.2, 0) is 20.7 Å². The van der Waals surface area contributed by atoms with Gasteiger partial charge in [0, 0.05) is 13.1 Å². The molecule has 0 radical (unpaired) electrons. The Morgan fingerprint density at radius 3 is 2.28 bits per heavy atom. The molecule has 0 atom stereocenters. The van der Waals surface area contributed by atoms with Crippen LogP contribution in [0.5, 0.6) is 5.75 Å². The molecule has 0 aliphatic carbocycles. The Labute approximate surface area is 150 Å². The SMILES string of the molecule is CCOc1ccc(CC(=O)N(CCCN(C)C)CCC(=O)OC)cc1. The third-order valence-corrected chi connectivity index (χ3v) is 3.79. The normalized spacial score (nSPS) is 10.6. The Balaban J connectivity index is 2.63. The lowest BCUT2D eigenvalue weighted by Crippen LogP contribution is -2.36. The first kappa shape index (κ1) is 21.0. The second kappa shape index (κ2) is 11.5. The van der Waals surface area contributed by atoms with Crippen LogP contribution in [0, 0.1) is 0 Å². The molecule has 1 aromatic rings. The molecule has 25 heavy (non-hydrogen) atoms. The fourth-order valence-corrected chi connectivity index (χ4v) is 2.42. The highest BCUT2D eigenvalue weighted by atomic mass is 16.5. The smallest absolute Gasteiger partial charge is 0.307 e. The summed E-state index contributed by atoms with van der Waals surface area (Å²) in [7, 11) is 5.36. The minimum Gasteiger partial charge on any atom is -0.494 e. The zero-order valence-electron chi connectivity index (χ0n) is 15.8. The van der Waals surface area contributed by atoms with E-state index >= 15 is 0 Å². The van der Waals surface area contributed by atoms with E-state index in [1.165, 1.54) is 7.11 Å². The maximum Gasteiger partial charge on any atom is 0.307 e. The first-order chi connectivity index (χ1) is 12.0. The number of hydrogen-bond acceptors (Lipinski definition) is 5. The van der Waals surface area contributed by atoms with Crippen LogP contribution >= 0.6 is 0 Å². The van der Waals surface area contributed by atoms with E-state index in [2.05, 4.69) is 9.64 Å². The van der Waals surface area contributed by atoms with Crippen molar-refractivity contribution in [3.05, 3.63) is 29.8 Å². The van der Waals surface area contributed by atoms with Crippen molar-refractivity contribution in [2.75, 3.05) is 47.4 Å². The third-order valence-electron chi connectivity index (χ3n) is 3.79. The number of esters is 1. The maximum absolute atomic E-state index is 12.6. The van der Waals surface area contributed by atoms with Crippen LogP contribution in [0.2, 0.25) is 0 Å². The second-order valence-corrected chi connectivity index (χ2v) is 6.12. The molecule has 1 aromatic carbocycles. The molecule has 0 N–H and O–H groups in total. The fourth-order valence-electron chi connectivity index (χ4n) is 2.42. The largest absolute Gasteiger partial charge is 0.494 e. The van der Waals surface area contributed by atoms with E-state index in [0.29, 0.717) is 26.1 Å². The number of carbonyl (C=O) groups excluding carboxylic acids is 2. The molecular formula is C19H30N2O4. The number of ether oxygens (including phenoxy) is 2. The van der Waals surface area contributed by atoms with Gasteiger partial charge in [0.25, 0.3) is 0 Å². The Hall–Kier alpha value is -2.08. The van der Waals surface area contributed by atoms with Gasteiger partial charge >= 0.3 is 5.97 Å². The molecule has 0 spiro atoms. The quantitative estimate of drug-likeness (QED) is 0.571. The summed E-state index contributed by atoms with van der Waals surface area (Å²) in [6, 6.07) is 7.55. The number of benzene rings is 1. The van der Waals surface area contributed by atoms with Crippen LogP contribution in [0.4, 0.5) is 0 Å². The Morgan fingerprint density at radius 2 is 1.72 bits per heavy atom. The highest BCUT2D eigenvalue weighted by Gasteiger charge is 2.16. The molecule has 0 bridgehead atoms.